The van der Waals surface area contributed by atoms with E-state index < -0.39 is 35.9 Å². The highest BCUT2D eigenvalue weighted by Gasteiger charge is 2.34. The number of benzene rings is 2. The number of primary amides is 1. The zero-order valence-corrected chi connectivity index (χ0v) is 16.2. The molecule has 0 unspecified atom stereocenters. The maximum absolute atomic E-state index is 13.1. The van der Waals surface area contributed by atoms with E-state index in [-0.39, 0.29) is 5.56 Å². The maximum atomic E-state index is 13.1. The third kappa shape index (κ3) is 5.22. The molecule has 1 aliphatic rings. The summed E-state index contributed by atoms with van der Waals surface area (Å²) in [5, 5.41) is 2.64. The second kappa shape index (κ2) is 9.06. The van der Waals surface area contributed by atoms with E-state index in [4.69, 9.17) is 10.5 Å². The number of carbonyl (C=O) groups is 2. The smallest absolute Gasteiger partial charge is 0.419 e. The van der Waals surface area contributed by atoms with Gasteiger partial charge in [-0.3, -0.25) is 9.59 Å². The normalized spacial score (nSPS) is 14.3. The first-order valence-electron chi connectivity index (χ1n) is 9.53. The molecule has 1 fully saturated rings. The summed E-state index contributed by atoms with van der Waals surface area (Å²) in [6.07, 6.45) is -1.47. The van der Waals surface area contributed by atoms with Gasteiger partial charge >= 0.3 is 6.18 Å². The van der Waals surface area contributed by atoms with Crippen LogP contribution in [0.2, 0.25) is 0 Å². The lowest BCUT2D eigenvalue weighted by atomic mass is 10.1. The molecule has 1 aliphatic heterocycles. The predicted molar refractivity (Wildman–Crippen MR) is 107 cm³/mol. The fourth-order valence-electron chi connectivity index (χ4n) is 3.36. The van der Waals surface area contributed by atoms with E-state index >= 15 is 0 Å². The van der Waals surface area contributed by atoms with Gasteiger partial charge in [0.25, 0.3) is 5.91 Å². The molecule has 3 rings (SSSR count). The minimum absolute atomic E-state index is 0.217. The van der Waals surface area contributed by atoms with E-state index in [1.54, 1.807) is 12.1 Å². The zero-order valence-electron chi connectivity index (χ0n) is 16.2. The lowest BCUT2D eigenvalue weighted by Gasteiger charge is -2.30. The first kappa shape index (κ1) is 21.5. The Hall–Kier alpha value is -3.23. The zero-order chi connectivity index (χ0) is 21.7. The third-order valence-corrected chi connectivity index (χ3v) is 4.80. The van der Waals surface area contributed by atoms with Crippen LogP contribution < -0.4 is 20.7 Å². The molecule has 160 valence electrons. The van der Waals surface area contributed by atoms with Crippen molar-refractivity contribution in [3.05, 3.63) is 53.6 Å². The summed E-state index contributed by atoms with van der Waals surface area (Å²) in [5.74, 6) is -1.72. The van der Waals surface area contributed by atoms with Crippen molar-refractivity contribution in [2.75, 3.05) is 29.9 Å². The van der Waals surface area contributed by atoms with Crippen LogP contribution in [0.1, 0.15) is 35.2 Å². The van der Waals surface area contributed by atoms with E-state index in [1.165, 1.54) is 18.2 Å². The molecular formula is C21H22F3N3O3. The lowest BCUT2D eigenvalue weighted by molar-refractivity contribution is -0.139. The highest BCUT2D eigenvalue weighted by Crippen LogP contribution is 2.36. The fraction of sp³-hybridized carbons (Fsp3) is 0.333. The Morgan fingerprint density at radius 2 is 1.77 bits per heavy atom. The summed E-state index contributed by atoms with van der Waals surface area (Å²) in [6.45, 7) is 0.982. The summed E-state index contributed by atoms with van der Waals surface area (Å²) in [6, 6.07) is 9.44. The van der Waals surface area contributed by atoms with Gasteiger partial charge < -0.3 is 20.7 Å². The van der Waals surface area contributed by atoms with Crippen molar-refractivity contribution in [3.63, 3.8) is 0 Å². The Kier molecular flexibility index (Phi) is 6.49. The van der Waals surface area contributed by atoms with Crippen LogP contribution in [0, 0.1) is 0 Å². The first-order chi connectivity index (χ1) is 14.3. The van der Waals surface area contributed by atoms with Gasteiger partial charge in [0.1, 0.15) is 5.75 Å². The van der Waals surface area contributed by atoms with Crippen molar-refractivity contribution in [1.29, 1.82) is 0 Å². The molecule has 2 amide bonds. The van der Waals surface area contributed by atoms with Gasteiger partial charge in [-0.15, -0.1) is 0 Å². The van der Waals surface area contributed by atoms with Crippen molar-refractivity contribution in [3.8, 4) is 5.75 Å². The number of ether oxygens (including phenoxy) is 1. The first-order valence-corrected chi connectivity index (χ1v) is 9.53. The monoisotopic (exact) mass is 421 g/mol. The quantitative estimate of drug-likeness (QED) is 0.743. The molecule has 2 aromatic carbocycles. The van der Waals surface area contributed by atoms with Crippen LogP contribution in [0.5, 0.6) is 5.75 Å². The number of piperidine rings is 1. The van der Waals surface area contributed by atoms with Crippen molar-refractivity contribution in [1.82, 2.24) is 0 Å². The number of nitrogens with zero attached hydrogens (tertiary/aromatic N) is 1. The third-order valence-electron chi connectivity index (χ3n) is 4.80. The molecule has 2 aromatic rings. The number of nitrogens with one attached hydrogen (secondary N) is 1. The SMILES string of the molecule is NC(=O)c1ccc(N2CCCCC2)c(NC(=O)COc2ccccc2C(F)(F)F)c1. The minimum atomic E-state index is -4.59. The number of rotatable bonds is 6. The van der Waals surface area contributed by atoms with E-state index in [1.807, 2.05) is 0 Å². The number of hydrogen-bond acceptors (Lipinski definition) is 4. The minimum Gasteiger partial charge on any atom is -0.483 e. The Morgan fingerprint density at radius 1 is 1.07 bits per heavy atom. The van der Waals surface area contributed by atoms with Crippen LogP contribution in [0.3, 0.4) is 0 Å². The second-order valence-electron chi connectivity index (χ2n) is 6.97. The summed E-state index contributed by atoms with van der Waals surface area (Å²) in [4.78, 5) is 26.0. The predicted octanol–water partition coefficient (Wildman–Crippen LogP) is 3.81. The van der Waals surface area contributed by atoms with Crippen molar-refractivity contribution in [2.45, 2.75) is 25.4 Å². The van der Waals surface area contributed by atoms with Gasteiger partial charge in [-0.2, -0.15) is 13.2 Å². The van der Waals surface area contributed by atoms with Crippen molar-refractivity contribution < 1.29 is 27.5 Å². The van der Waals surface area contributed by atoms with Crippen LogP contribution in [0.25, 0.3) is 0 Å². The summed E-state index contributed by atoms with van der Waals surface area (Å²) >= 11 is 0. The molecule has 0 atom stereocenters. The highest BCUT2D eigenvalue weighted by molar-refractivity contribution is 5.99. The number of amides is 2. The summed E-state index contributed by atoms with van der Waals surface area (Å²) in [5.41, 5.74) is 5.69. The number of hydrogen-bond donors (Lipinski definition) is 2. The van der Waals surface area contributed by atoms with Gasteiger partial charge in [-0.05, 0) is 49.6 Å². The molecule has 0 radical (unpaired) electrons. The van der Waals surface area contributed by atoms with Gasteiger partial charge in [-0.1, -0.05) is 12.1 Å². The number of anilines is 2. The number of para-hydroxylation sites is 1. The van der Waals surface area contributed by atoms with Crippen LogP contribution in [0.4, 0.5) is 24.5 Å². The topological polar surface area (TPSA) is 84.7 Å². The highest BCUT2D eigenvalue weighted by atomic mass is 19.4. The van der Waals surface area contributed by atoms with E-state index in [2.05, 4.69) is 10.2 Å². The second-order valence-corrected chi connectivity index (χ2v) is 6.97. The Labute approximate surface area is 171 Å². The van der Waals surface area contributed by atoms with E-state index in [0.717, 1.165) is 50.2 Å². The number of alkyl halides is 3. The van der Waals surface area contributed by atoms with E-state index in [9.17, 15) is 22.8 Å². The molecular weight excluding hydrogens is 399 g/mol. The molecule has 1 heterocycles. The van der Waals surface area contributed by atoms with Crippen LogP contribution in [0.15, 0.2) is 42.5 Å². The Bertz CT molecular complexity index is 925. The molecule has 1 saturated heterocycles. The number of carbonyl (C=O) groups excluding carboxylic acids is 2. The molecule has 0 bridgehead atoms. The Morgan fingerprint density at radius 3 is 2.43 bits per heavy atom. The van der Waals surface area contributed by atoms with Crippen LogP contribution in [-0.2, 0) is 11.0 Å². The molecule has 3 N–H and O–H groups in total. The maximum Gasteiger partial charge on any atom is 0.419 e. The standard InChI is InChI=1S/C21H22F3N3O3/c22-21(23,24)15-6-2-3-7-18(15)30-13-19(28)26-16-12-14(20(25)29)8-9-17(16)27-10-4-1-5-11-27/h2-3,6-9,12H,1,4-5,10-11,13H2,(H2,25,29)(H,26,28). The van der Waals surface area contributed by atoms with Crippen molar-refractivity contribution >= 4 is 23.2 Å². The van der Waals surface area contributed by atoms with Crippen LogP contribution >= 0.6 is 0 Å². The summed E-state index contributed by atoms with van der Waals surface area (Å²) < 4.78 is 44.3. The Balaban J connectivity index is 1.76. The molecule has 0 spiro atoms. The number of halogens is 3. The molecule has 30 heavy (non-hydrogen) atoms. The lowest BCUT2D eigenvalue weighted by Crippen LogP contribution is -2.31. The molecule has 0 saturated carbocycles. The van der Waals surface area contributed by atoms with Gasteiger partial charge in [-0.25, -0.2) is 0 Å². The average Bonchev–Trinajstić information content (AvgIpc) is 2.72. The van der Waals surface area contributed by atoms with Gasteiger partial charge in [0.15, 0.2) is 6.61 Å². The molecule has 0 aromatic heterocycles. The van der Waals surface area contributed by atoms with Gasteiger partial charge in [0, 0.05) is 18.7 Å². The fourth-order valence-corrected chi connectivity index (χ4v) is 3.36. The van der Waals surface area contributed by atoms with Crippen molar-refractivity contribution in [2.24, 2.45) is 5.73 Å². The van der Waals surface area contributed by atoms with Gasteiger partial charge in [0.05, 0.1) is 16.9 Å². The van der Waals surface area contributed by atoms with Gasteiger partial charge in [0.2, 0.25) is 5.91 Å². The largest absolute Gasteiger partial charge is 0.483 e. The number of nitrogens with two attached hydrogens (primary N) is 1. The molecule has 0 aliphatic carbocycles. The molecule has 6 nitrogen and oxygen atoms in total. The summed E-state index contributed by atoms with van der Waals surface area (Å²) in [7, 11) is 0. The van der Waals surface area contributed by atoms with E-state index in [0.29, 0.717) is 5.69 Å². The average molecular weight is 421 g/mol. The van der Waals surface area contributed by atoms with Crippen LogP contribution in [-0.4, -0.2) is 31.5 Å². The molecule has 9 heteroatoms.